The van der Waals surface area contributed by atoms with Gasteiger partial charge in [0, 0.05) is 6.54 Å². The Hall–Kier alpha value is -1.59. The van der Waals surface area contributed by atoms with Crippen LogP contribution >= 0.6 is 0 Å². The smallest absolute Gasteiger partial charge is 0.360 e. The summed E-state index contributed by atoms with van der Waals surface area (Å²) in [5, 5.41) is 18.6. The number of anilines is 1. The van der Waals surface area contributed by atoms with Crippen LogP contribution in [0.1, 0.15) is 10.5 Å². The standard InChI is InChI=1S/C5H6N4O2/c10-5(11)3-4-6-1-2-9(4)8-7-3/h6H,1-2H2,(H,10,11). The highest BCUT2D eigenvalue weighted by molar-refractivity contribution is 5.90. The van der Waals surface area contributed by atoms with Crippen LogP contribution in [0.2, 0.25) is 0 Å². The van der Waals surface area contributed by atoms with E-state index in [1.165, 1.54) is 0 Å². The third-order valence-electron chi connectivity index (χ3n) is 1.55. The lowest BCUT2D eigenvalue weighted by atomic mass is 10.4. The van der Waals surface area contributed by atoms with Crippen molar-refractivity contribution in [2.75, 3.05) is 11.9 Å². The van der Waals surface area contributed by atoms with E-state index < -0.39 is 5.97 Å². The van der Waals surface area contributed by atoms with Crippen molar-refractivity contribution in [2.45, 2.75) is 6.54 Å². The van der Waals surface area contributed by atoms with Gasteiger partial charge >= 0.3 is 5.97 Å². The number of nitrogens with zero attached hydrogens (tertiary/aromatic N) is 3. The molecule has 0 radical (unpaired) electrons. The molecule has 0 aromatic carbocycles. The van der Waals surface area contributed by atoms with Crippen molar-refractivity contribution in [3.8, 4) is 0 Å². The fraction of sp³-hybridized carbons (Fsp3) is 0.400. The average molecular weight is 154 g/mol. The highest BCUT2D eigenvalue weighted by atomic mass is 16.4. The maximum atomic E-state index is 10.5. The van der Waals surface area contributed by atoms with Gasteiger partial charge in [0.2, 0.25) is 5.69 Å². The Morgan fingerprint density at radius 2 is 2.55 bits per heavy atom. The third-order valence-corrected chi connectivity index (χ3v) is 1.55. The second-order valence-corrected chi connectivity index (χ2v) is 2.24. The van der Waals surface area contributed by atoms with Gasteiger partial charge in [-0.1, -0.05) is 5.21 Å². The Kier molecular flexibility index (Phi) is 1.09. The van der Waals surface area contributed by atoms with Crippen molar-refractivity contribution in [2.24, 2.45) is 0 Å². The molecular formula is C5H6N4O2. The van der Waals surface area contributed by atoms with Crippen LogP contribution in [0.25, 0.3) is 0 Å². The van der Waals surface area contributed by atoms with Crippen molar-refractivity contribution >= 4 is 11.8 Å². The maximum Gasteiger partial charge on any atom is 0.360 e. The molecule has 11 heavy (non-hydrogen) atoms. The molecule has 1 aromatic rings. The van der Waals surface area contributed by atoms with Gasteiger partial charge in [-0.25, -0.2) is 9.48 Å². The quantitative estimate of drug-likeness (QED) is 0.564. The Balaban J connectivity index is 2.50. The summed E-state index contributed by atoms with van der Waals surface area (Å²) in [4.78, 5) is 10.5. The molecular weight excluding hydrogens is 148 g/mol. The van der Waals surface area contributed by atoms with Gasteiger partial charge in [-0.05, 0) is 0 Å². The van der Waals surface area contributed by atoms with Crippen LogP contribution in [0.4, 0.5) is 5.82 Å². The van der Waals surface area contributed by atoms with E-state index in [0.717, 1.165) is 6.54 Å². The lowest BCUT2D eigenvalue weighted by molar-refractivity contribution is 0.0691. The fourth-order valence-electron chi connectivity index (χ4n) is 1.07. The monoisotopic (exact) mass is 154 g/mol. The van der Waals surface area contributed by atoms with Gasteiger partial charge in [0.15, 0.2) is 5.82 Å². The van der Waals surface area contributed by atoms with Crippen LogP contribution in [0.3, 0.4) is 0 Å². The normalized spacial score (nSPS) is 14.2. The first-order valence-corrected chi connectivity index (χ1v) is 3.19. The molecule has 2 rings (SSSR count). The molecule has 0 saturated heterocycles. The van der Waals surface area contributed by atoms with E-state index in [4.69, 9.17) is 5.11 Å². The number of carboxylic acid groups (broad SMARTS) is 1. The summed E-state index contributed by atoms with van der Waals surface area (Å²) in [5.74, 6) is -0.529. The molecule has 0 saturated carbocycles. The van der Waals surface area contributed by atoms with Gasteiger partial charge in [0.25, 0.3) is 0 Å². The minimum Gasteiger partial charge on any atom is -0.476 e. The number of carboxylic acids is 1. The zero-order chi connectivity index (χ0) is 7.84. The maximum absolute atomic E-state index is 10.5. The van der Waals surface area contributed by atoms with Gasteiger partial charge in [-0.2, -0.15) is 0 Å². The zero-order valence-corrected chi connectivity index (χ0v) is 5.61. The van der Waals surface area contributed by atoms with Crippen LogP contribution < -0.4 is 5.32 Å². The average Bonchev–Trinajstić information content (AvgIpc) is 2.41. The predicted molar refractivity (Wildman–Crippen MR) is 35.5 cm³/mol. The number of aromatic nitrogens is 3. The Bertz CT molecular complexity index is 305. The minimum atomic E-state index is -1.04. The van der Waals surface area contributed by atoms with Crippen molar-refractivity contribution in [1.29, 1.82) is 0 Å². The molecule has 0 spiro atoms. The molecule has 1 aliphatic heterocycles. The molecule has 6 heteroatoms. The molecule has 2 N–H and O–H groups in total. The van der Waals surface area contributed by atoms with Crippen LogP contribution in [0, 0.1) is 0 Å². The highest BCUT2D eigenvalue weighted by Crippen LogP contribution is 2.15. The Morgan fingerprint density at radius 3 is 3.27 bits per heavy atom. The molecule has 0 aliphatic carbocycles. The van der Waals surface area contributed by atoms with Crippen molar-refractivity contribution in [1.82, 2.24) is 15.0 Å². The molecule has 58 valence electrons. The number of rotatable bonds is 1. The molecule has 1 aliphatic rings. The van der Waals surface area contributed by atoms with E-state index in [2.05, 4.69) is 15.6 Å². The van der Waals surface area contributed by atoms with Crippen molar-refractivity contribution in [3.63, 3.8) is 0 Å². The molecule has 1 aromatic heterocycles. The van der Waals surface area contributed by atoms with Crippen molar-refractivity contribution in [3.05, 3.63) is 5.69 Å². The van der Waals surface area contributed by atoms with E-state index in [1.54, 1.807) is 4.68 Å². The first-order valence-electron chi connectivity index (χ1n) is 3.19. The van der Waals surface area contributed by atoms with Gasteiger partial charge in [0.05, 0.1) is 6.54 Å². The van der Waals surface area contributed by atoms with E-state index in [1.807, 2.05) is 0 Å². The second-order valence-electron chi connectivity index (χ2n) is 2.24. The van der Waals surface area contributed by atoms with Crippen LogP contribution in [0.5, 0.6) is 0 Å². The summed E-state index contributed by atoms with van der Waals surface area (Å²) in [7, 11) is 0. The van der Waals surface area contributed by atoms with E-state index in [-0.39, 0.29) is 5.69 Å². The molecule has 0 atom stereocenters. The largest absolute Gasteiger partial charge is 0.476 e. The number of hydrogen-bond acceptors (Lipinski definition) is 4. The van der Waals surface area contributed by atoms with Crippen LogP contribution in [0.15, 0.2) is 0 Å². The van der Waals surface area contributed by atoms with Gasteiger partial charge < -0.3 is 10.4 Å². The lowest BCUT2D eigenvalue weighted by Gasteiger charge is -1.91. The Labute approximate surface area is 61.8 Å². The van der Waals surface area contributed by atoms with E-state index in [0.29, 0.717) is 12.4 Å². The topological polar surface area (TPSA) is 80.0 Å². The summed E-state index contributed by atoms with van der Waals surface area (Å²) < 4.78 is 1.55. The number of fused-ring (bicyclic) bond motifs is 1. The molecule has 0 amide bonds. The van der Waals surface area contributed by atoms with E-state index >= 15 is 0 Å². The molecule has 0 bridgehead atoms. The number of hydrogen-bond donors (Lipinski definition) is 2. The molecule has 0 unspecified atom stereocenters. The summed E-state index contributed by atoms with van der Waals surface area (Å²) >= 11 is 0. The fourth-order valence-corrected chi connectivity index (χ4v) is 1.07. The first kappa shape index (κ1) is 6.14. The molecule has 2 heterocycles. The summed E-state index contributed by atoms with van der Waals surface area (Å²) in [5.41, 5.74) is 0.00231. The number of carbonyl (C=O) groups is 1. The highest BCUT2D eigenvalue weighted by Gasteiger charge is 2.21. The zero-order valence-electron chi connectivity index (χ0n) is 5.61. The van der Waals surface area contributed by atoms with Gasteiger partial charge in [-0.3, -0.25) is 0 Å². The van der Waals surface area contributed by atoms with Crippen molar-refractivity contribution < 1.29 is 9.90 Å². The number of nitrogens with one attached hydrogen (secondary N) is 1. The number of aromatic carboxylic acids is 1. The molecule has 6 nitrogen and oxygen atoms in total. The van der Waals surface area contributed by atoms with Crippen LogP contribution in [-0.2, 0) is 6.54 Å². The van der Waals surface area contributed by atoms with Gasteiger partial charge in [0.1, 0.15) is 0 Å². The third kappa shape index (κ3) is 0.754. The van der Waals surface area contributed by atoms with Crippen LogP contribution in [-0.4, -0.2) is 32.6 Å². The first-order chi connectivity index (χ1) is 5.29. The summed E-state index contributed by atoms with van der Waals surface area (Å²) in [6.07, 6.45) is 0. The SMILES string of the molecule is O=C(O)c1nnn2c1NCC2. The second kappa shape index (κ2) is 1.94. The van der Waals surface area contributed by atoms with E-state index in [9.17, 15) is 4.79 Å². The van der Waals surface area contributed by atoms with Gasteiger partial charge in [-0.15, -0.1) is 5.10 Å². The summed E-state index contributed by atoms with van der Waals surface area (Å²) in [6.45, 7) is 1.42. The minimum absolute atomic E-state index is 0.00231. The molecule has 0 fully saturated rings. The Morgan fingerprint density at radius 1 is 1.73 bits per heavy atom. The lowest BCUT2D eigenvalue weighted by Crippen LogP contribution is -2.02. The summed E-state index contributed by atoms with van der Waals surface area (Å²) in [6, 6.07) is 0. The predicted octanol–water partition coefficient (Wildman–Crippen LogP) is -0.598.